The Kier molecular flexibility index (Phi) is 6.54. The smallest absolute Gasteiger partial charge is 0.265 e. The lowest BCUT2D eigenvalue weighted by molar-refractivity contribution is 0.321. The highest BCUT2D eigenvalue weighted by molar-refractivity contribution is 6.33. The van der Waals surface area contributed by atoms with Gasteiger partial charge in [-0.1, -0.05) is 43.3 Å². The van der Waals surface area contributed by atoms with Gasteiger partial charge in [-0.05, 0) is 38.5 Å². The van der Waals surface area contributed by atoms with Crippen molar-refractivity contribution in [3.8, 4) is 11.3 Å². The van der Waals surface area contributed by atoms with Gasteiger partial charge < -0.3 is 9.82 Å². The number of nitrogens with two attached hydrogens (primary N) is 1. The molecular formula is C22H24ClN5O2. The SMILES string of the molecule is C=C(N=C(ON)c1cc(-c2ccccc2Cl)n(CC)n1)c1cc(CC)c(=O)[nH]c1C. The first-order valence-electron chi connectivity index (χ1n) is 9.60. The largest absolute Gasteiger partial charge is 0.389 e. The molecule has 3 rings (SSSR count). The third-order valence-electron chi connectivity index (χ3n) is 4.80. The van der Waals surface area contributed by atoms with E-state index in [2.05, 4.69) is 21.7 Å². The number of aryl methyl sites for hydroxylation is 3. The van der Waals surface area contributed by atoms with E-state index in [1.165, 1.54) is 0 Å². The van der Waals surface area contributed by atoms with Gasteiger partial charge in [-0.25, -0.2) is 4.99 Å². The Morgan fingerprint density at radius 1 is 1.33 bits per heavy atom. The summed E-state index contributed by atoms with van der Waals surface area (Å²) in [6, 6.07) is 11.1. The molecule has 0 radical (unpaired) electrons. The van der Waals surface area contributed by atoms with Crippen LogP contribution in [0, 0.1) is 6.92 Å². The molecular weight excluding hydrogens is 402 g/mol. The highest BCUT2D eigenvalue weighted by atomic mass is 35.5. The van der Waals surface area contributed by atoms with Crippen molar-refractivity contribution in [2.24, 2.45) is 10.9 Å². The summed E-state index contributed by atoms with van der Waals surface area (Å²) in [6.45, 7) is 10.3. The van der Waals surface area contributed by atoms with E-state index in [1.807, 2.05) is 44.2 Å². The zero-order valence-corrected chi connectivity index (χ0v) is 18.0. The van der Waals surface area contributed by atoms with E-state index in [1.54, 1.807) is 17.7 Å². The Hall–Kier alpha value is -3.16. The van der Waals surface area contributed by atoms with Crippen LogP contribution in [0.25, 0.3) is 17.0 Å². The first-order valence-corrected chi connectivity index (χ1v) is 9.97. The van der Waals surface area contributed by atoms with Gasteiger partial charge in [0.2, 0.25) is 0 Å². The molecule has 156 valence electrons. The minimum absolute atomic E-state index is 0.114. The fraction of sp³-hybridized carbons (Fsp3) is 0.227. The fourth-order valence-corrected chi connectivity index (χ4v) is 3.44. The Morgan fingerprint density at radius 2 is 2.07 bits per heavy atom. The Bertz CT molecular complexity index is 1180. The van der Waals surface area contributed by atoms with E-state index in [-0.39, 0.29) is 11.5 Å². The molecule has 0 saturated heterocycles. The Balaban J connectivity index is 2.04. The van der Waals surface area contributed by atoms with Crippen LogP contribution < -0.4 is 11.5 Å². The van der Waals surface area contributed by atoms with Gasteiger partial charge in [0.25, 0.3) is 11.5 Å². The first-order chi connectivity index (χ1) is 14.4. The van der Waals surface area contributed by atoms with Gasteiger partial charge in [0.15, 0.2) is 0 Å². The van der Waals surface area contributed by atoms with Gasteiger partial charge in [-0.3, -0.25) is 9.48 Å². The lowest BCUT2D eigenvalue weighted by Crippen LogP contribution is -2.16. The average molecular weight is 426 g/mol. The van der Waals surface area contributed by atoms with Gasteiger partial charge >= 0.3 is 0 Å². The van der Waals surface area contributed by atoms with Crippen molar-refractivity contribution in [3.63, 3.8) is 0 Å². The van der Waals surface area contributed by atoms with Gasteiger partial charge in [0, 0.05) is 34.0 Å². The normalized spacial score (nSPS) is 11.6. The molecule has 30 heavy (non-hydrogen) atoms. The molecule has 0 saturated carbocycles. The van der Waals surface area contributed by atoms with Crippen molar-refractivity contribution in [2.45, 2.75) is 33.7 Å². The average Bonchev–Trinajstić information content (AvgIpc) is 3.16. The van der Waals surface area contributed by atoms with Gasteiger partial charge in [-0.15, -0.1) is 0 Å². The first kappa shape index (κ1) is 21.5. The number of nitrogens with zero attached hydrogens (tertiary/aromatic N) is 3. The second kappa shape index (κ2) is 9.11. The molecule has 0 aliphatic carbocycles. The summed E-state index contributed by atoms with van der Waals surface area (Å²) in [5.41, 5.74) is 4.44. The van der Waals surface area contributed by atoms with E-state index >= 15 is 0 Å². The van der Waals surface area contributed by atoms with Crippen molar-refractivity contribution in [3.05, 3.63) is 80.9 Å². The van der Waals surface area contributed by atoms with Crippen molar-refractivity contribution in [1.82, 2.24) is 14.8 Å². The van der Waals surface area contributed by atoms with Crippen molar-refractivity contribution in [1.29, 1.82) is 0 Å². The predicted octanol–water partition coefficient (Wildman–Crippen LogP) is 4.09. The van der Waals surface area contributed by atoms with Gasteiger partial charge in [-0.2, -0.15) is 11.0 Å². The quantitative estimate of drug-likeness (QED) is 0.353. The molecule has 7 nitrogen and oxygen atoms in total. The molecule has 3 aromatic rings. The van der Waals surface area contributed by atoms with Crippen LogP contribution in [-0.2, 0) is 17.8 Å². The molecule has 1 aromatic carbocycles. The molecule has 0 spiro atoms. The van der Waals surface area contributed by atoms with Crippen LogP contribution >= 0.6 is 11.6 Å². The summed E-state index contributed by atoms with van der Waals surface area (Å²) in [6.07, 6.45) is 0.599. The molecule has 2 aromatic heterocycles. The second-order valence-electron chi connectivity index (χ2n) is 6.71. The zero-order chi connectivity index (χ0) is 21.8. The number of benzene rings is 1. The van der Waals surface area contributed by atoms with Crippen LogP contribution in [-0.4, -0.2) is 20.7 Å². The van der Waals surface area contributed by atoms with E-state index in [0.717, 1.165) is 11.3 Å². The fourth-order valence-electron chi connectivity index (χ4n) is 3.20. The number of rotatable bonds is 6. The second-order valence-corrected chi connectivity index (χ2v) is 7.12. The molecule has 0 aliphatic heterocycles. The van der Waals surface area contributed by atoms with Gasteiger partial charge in [0.1, 0.15) is 5.69 Å². The molecule has 0 unspecified atom stereocenters. The minimum atomic E-state index is -0.114. The summed E-state index contributed by atoms with van der Waals surface area (Å²) in [5, 5.41) is 5.17. The molecule has 0 aliphatic rings. The predicted molar refractivity (Wildman–Crippen MR) is 120 cm³/mol. The monoisotopic (exact) mass is 425 g/mol. The van der Waals surface area contributed by atoms with Crippen LogP contribution in [0.3, 0.4) is 0 Å². The van der Waals surface area contributed by atoms with Crippen LogP contribution in [0.5, 0.6) is 0 Å². The maximum atomic E-state index is 12.0. The maximum absolute atomic E-state index is 12.0. The molecule has 0 bridgehead atoms. The number of aromatic amines is 1. The third kappa shape index (κ3) is 4.22. The van der Waals surface area contributed by atoms with E-state index < -0.39 is 0 Å². The van der Waals surface area contributed by atoms with Gasteiger partial charge in [0.05, 0.1) is 11.4 Å². The van der Waals surface area contributed by atoms with Crippen molar-refractivity contribution in [2.75, 3.05) is 0 Å². The molecule has 3 N–H and O–H groups in total. The standard InChI is InChI=1S/C22H24ClN5O2/c1-5-15-11-17(13(3)25-21(15)29)14(4)26-22(30-24)19-12-20(28(6-2)27-19)16-9-7-8-10-18(16)23/h7-12H,4-6,24H2,1-3H3,(H,25,29). The summed E-state index contributed by atoms with van der Waals surface area (Å²) in [5.74, 6) is 5.63. The van der Waals surface area contributed by atoms with Crippen molar-refractivity contribution >= 4 is 23.2 Å². The summed E-state index contributed by atoms with van der Waals surface area (Å²) in [4.78, 5) is 24.3. The summed E-state index contributed by atoms with van der Waals surface area (Å²) in [7, 11) is 0. The lowest BCUT2D eigenvalue weighted by Gasteiger charge is -2.08. The highest BCUT2D eigenvalue weighted by Gasteiger charge is 2.17. The maximum Gasteiger partial charge on any atom is 0.265 e. The molecule has 8 heteroatoms. The van der Waals surface area contributed by atoms with Crippen LogP contribution in [0.1, 0.15) is 36.4 Å². The van der Waals surface area contributed by atoms with Crippen LogP contribution in [0.15, 0.2) is 52.8 Å². The number of hydrogen-bond acceptors (Lipinski definition) is 5. The molecule has 0 atom stereocenters. The number of pyridine rings is 1. The van der Waals surface area contributed by atoms with E-state index in [4.69, 9.17) is 22.3 Å². The lowest BCUT2D eigenvalue weighted by atomic mass is 10.1. The zero-order valence-electron chi connectivity index (χ0n) is 17.2. The number of hydrogen-bond donors (Lipinski definition) is 2. The third-order valence-corrected chi connectivity index (χ3v) is 5.13. The Morgan fingerprint density at radius 3 is 2.70 bits per heavy atom. The van der Waals surface area contributed by atoms with Crippen LogP contribution in [0.4, 0.5) is 0 Å². The number of H-pyrrole nitrogens is 1. The van der Waals surface area contributed by atoms with E-state index in [9.17, 15) is 4.79 Å². The Labute approximate surface area is 179 Å². The van der Waals surface area contributed by atoms with Crippen LogP contribution in [0.2, 0.25) is 5.02 Å². The summed E-state index contributed by atoms with van der Waals surface area (Å²) < 4.78 is 1.80. The summed E-state index contributed by atoms with van der Waals surface area (Å²) >= 11 is 6.36. The number of nitrogens with one attached hydrogen (secondary N) is 1. The van der Waals surface area contributed by atoms with Crippen molar-refractivity contribution < 1.29 is 4.84 Å². The molecule has 0 amide bonds. The topological polar surface area (TPSA) is 98.3 Å². The minimum Gasteiger partial charge on any atom is -0.389 e. The number of halogens is 1. The highest BCUT2D eigenvalue weighted by Crippen LogP contribution is 2.29. The molecule has 2 heterocycles. The van der Waals surface area contributed by atoms with E-state index in [0.29, 0.717) is 46.2 Å². The number of aliphatic imine (C=N–C) groups is 1. The molecule has 0 fully saturated rings. The number of aromatic nitrogens is 3.